The van der Waals surface area contributed by atoms with Gasteiger partial charge in [0.1, 0.15) is 0 Å². The van der Waals surface area contributed by atoms with Gasteiger partial charge in [0.2, 0.25) is 0 Å². The van der Waals surface area contributed by atoms with Crippen LogP contribution in [0.4, 0.5) is 0 Å². The van der Waals surface area contributed by atoms with Crippen LogP contribution in [0.3, 0.4) is 0 Å². The smallest absolute Gasteiger partial charge is 0.0457 e. The highest BCUT2D eigenvalue weighted by molar-refractivity contribution is 7.98. The lowest BCUT2D eigenvalue weighted by atomic mass is 10.0. The van der Waals surface area contributed by atoms with Crippen LogP contribution in [0.15, 0.2) is 29.3 Å². The standard InChI is InChI=1S/C19H26N2OS2/c1-23-17-4-5-19-18(12-17)14(13-20-19)11-16-3-2-8-21(16)15-6-9-24(22)10-7-15/h4-5,12-13,15-16,20H,2-3,6-11H2,1H3/t15?,16-,24?/m1/s1. The van der Waals surface area contributed by atoms with E-state index >= 15 is 0 Å². The Morgan fingerprint density at radius 1 is 1.29 bits per heavy atom. The molecule has 0 unspecified atom stereocenters. The van der Waals surface area contributed by atoms with E-state index in [-0.39, 0.29) is 0 Å². The van der Waals surface area contributed by atoms with Crippen molar-refractivity contribution in [2.75, 3.05) is 24.3 Å². The Kier molecular flexibility index (Phi) is 5.02. The molecule has 1 N–H and O–H groups in total. The molecular formula is C19H26N2OS2. The van der Waals surface area contributed by atoms with Crippen molar-refractivity contribution in [1.82, 2.24) is 9.88 Å². The minimum absolute atomic E-state index is 0.560. The number of H-pyrrole nitrogens is 1. The molecule has 5 heteroatoms. The third-order valence-electron chi connectivity index (χ3n) is 5.68. The number of nitrogens with one attached hydrogen (secondary N) is 1. The summed E-state index contributed by atoms with van der Waals surface area (Å²) in [6.07, 6.45) is 10.3. The van der Waals surface area contributed by atoms with Gasteiger partial charge in [-0.25, -0.2) is 0 Å². The largest absolute Gasteiger partial charge is 0.361 e. The van der Waals surface area contributed by atoms with Crippen LogP contribution < -0.4 is 0 Å². The maximum absolute atomic E-state index is 11.7. The number of nitrogens with zero attached hydrogens (tertiary/aromatic N) is 1. The predicted molar refractivity (Wildman–Crippen MR) is 104 cm³/mol. The van der Waals surface area contributed by atoms with Crippen molar-refractivity contribution < 1.29 is 4.21 Å². The molecule has 0 spiro atoms. The average molecular weight is 363 g/mol. The van der Waals surface area contributed by atoms with E-state index in [1.54, 1.807) is 0 Å². The van der Waals surface area contributed by atoms with Crippen LogP contribution in [0.5, 0.6) is 0 Å². The molecule has 2 aliphatic rings. The first kappa shape index (κ1) is 16.7. The van der Waals surface area contributed by atoms with Crippen molar-refractivity contribution in [2.24, 2.45) is 0 Å². The second-order valence-corrected chi connectivity index (χ2v) is 9.62. The molecule has 24 heavy (non-hydrogen) atoms. The Labute approximate surface area is 151 Å². The van der Waals surface area contributed by atoms with Gasteiger partial charge in [0.05, 0.1) is 0 Å². The summed E-state index contributed by atoms with van der Waals surface area (Å²) in [6, 6.07) is 8.03. The molecule has 1 aromatic carbocycles. The van der Waals surface area contributed by atoms with Crippen molar-refractivity contribution in [3.8, 4) is 0 Å². The minimum Gasteiger partial charge on any atom is -0.361 e. The average Bonchev–Trinajstić information content (AvgIpc) is 3.23. The fourth-order valence-electron chi connectivity index (χ4n) is 4.38. The molecule has 130 valence electrons. The minimum atomic E-state index is -0.560. The second-order valence-electron chi connectivity index (χ2n) is 7.04. The monoisotopic (exact) mass is 362 g/mol. The molecule has 2 fully saturated rings. The van der Waals surface area contributed by atoms with Crippen LogP contribution in [0.2, 0.25) is 0 Å². The highest BCUT2D eigenvalue weighted by Crippen LogP contribution is 2.31. The zero-order chi connectivity index (χ0) is 16.5. The Balaban J connectivity index is 1.52. The van der Waals surface area contributed by atoms with Gasteiger partial charge in [0.15, 0.2) is 0 Å². The number of thioether (sulfide) groups is 1. The summed E-state index contributed by atoms with van der Waals surface area (Å²) in [4.78, 5) is 7.51. The molecule has 2 aliphatic heterocycles. The third-order valence-corrected chi connectivity index (χ3v) is 7.79. The van der Waals surface area contributed by atoms with Crippen molar-refractivity contribution in [3.63, 3.8) is 0 Å². The summed E-state index contributed by atoms with van der Waals surface area (Å²) in [5.41, 5.74) is 2.71. The number of aromatic amines is 1. The number of rotatable bonds is 4. The molecule has 2 aromatic rings. The number of hydrogen-bond donors (Lipinski definition) is 1. The molecule has 1 aromatic heterocycles. The van der Waals surface area contributed by atoms with E-state index in [1.165, 1.54) is 40.7 Å². The lowest BCUT2D eigenvalue weighted by molar-refractivity contribution is 0.168. The highest BCUT2D eigenvalue weighted by atomic mass is 32.2. The molecule has 0 bridgehead atoms. The molecule has 2 saturated heterocycles. The highest BCUT2D eigenvalue weighted by Gasteiger charge is 2.32. The molecule has 0 radical (unpaired) electrons. The number of benzene rings is 1. The van der Waals surface area contributed by atoms with Gasteiger partial charge in [0, 0.05) is 56.4 Å². The summed E-state index contributed by atoms with van der Waals surface area (Å²) in [5.74, 6) is 1.80. The fourth-order valence-corrected chi connectivity index (χ4v) is 6.09. The summed E-state index contributed by atoms with van der Waals surface area (Å²) < 4.78 is 11.7. The first-order chi connectivity index (χ1) is 11.7. The van der Waals surface area contributed by atoms with Crippen LogP contribution in [-0.4, -0.2) is 50.5 Å². The number of aromatic nitrogens is 1. The van der Waals surface area contributed by atoms with E-state index in [4.69, 9.17) is 0 Å². The maximum atomic E-state index is 11.7. The van der Waals surface area contributed by atoms with Gasteiger partial charge in [-0.2, -0.15) is 0 Å². The molecule has 4 rings (SSSR count). The third kappa shape index (κ3) is 3.31. The van der Waals surface area contributed by atoms with Crippen LogP contribution in [0, 0.1) is 0 Å². The van der Waals surface area contributed by atoms with Crippen molar-refractivity contribution in [1.29, 1.82) is 0 Å². The van der Waals surface area contributed by atoms with Crippen LogP contribution >= 0.6 is 11.8 Å². The van der Waals surface area contributed by atoms with Crippen molar-refractivity contribution in [3.05, 3.63) is 30.0 Å². The zero-order valence-corrected chi connectivity index (χ0v) is 15.9. The normalized spacial score (nSPS) is 28.6. The molecule has 3 nitrogen and oxygen atoms in total. The Morgan fingerprint density at radius 3 is 2.92 bits per heavy atom. The van der Waals surface area contributed by atoms with E-state index in [9.17, 15) is 4.21 Å². The molecule has 0 amide bonds. The predicted octanol–water partition coefficient (Wildman–Crippen LogP) is 3.81. The van der Waals surface area contributed by atoms with E-state index < -0.39 is 10.8 Å². The quantitative estimate of drug-likeness (QED) is 0.840. The molecule has 0 saturated carbocycles. The Bertz CT molecular complexity index is 732. The van der Waals surface area contributed by atoms with Gasteiger partial charge in [0.25, 0.3) is 0 Å². The number of likely N-dealkylation sites (tertiary alicyclic amines) is 1. The lowest BCUT2D eigenvalue weighted by Gasteiger charge is -2.35. The topological polar surface area (TPSA) is 36.1 Å². The van der Waals surface area contributed by atoms with Gasteiger partial charge in [-0.1, -0.05) is 0 Å². The molecule has 1 atom stereocenters. The molecule has 0 aliphatic carbocycles. The fraction of sp³-hybridized carbons (Fsp3) is 0.579. The van der Waals surface area contributed by atoms with Crippen molar-refractivity contribution in [2.45, 2.75) is 49.1 Å². The van der Waals surface area contributed by atoms with Gasteiger partial charge < -0.3 is 4.98 Å². The van der Waals surface area contributed by atoms with Crippen molar-refractivity contribution >= 4 is 33.5 Å². The summed E-state index contributed by atoms with van der Waals surface area (Å²) in [6.45, 7) is 1.22. The first-order valence-electron chi connectivity index (χ1n) is 8.99. The maximum Gasteiger partial charge on any atom is 0.0457 e. The summed E-state index contributed by atoms with van der Waals surface area (Å²) in [5, 5.41) is 1.39. The van der Waals surface area contributed by atoms with E-state index in [0.29, 0.717) is 12.1 Å². The molecular weight excluding hydrogens is 336 g/mol. The molecule has 3 heterocycles. The zero-order valence-electron chi connectivity index (χ0n) is 14.3. The van der Waals surface area contributed by atoms with Crippen LogP contribution in [0.1, 0.15) is 31.2 Å². The first-order valence-corrected chi connectivity index (χ1v) is 11.7. The SMILES string of the molecule is CSc1ccc2[nH]cc(C[C@H]3CCCN3C3CCS(=O)CC3)c2c1. The number of fused-ring (bicyclic) bond motifs is 1. The van der Waals surface area contributed by atoms with Gasteiger partial charge in [-0.05, 0) is 68.7 Å². The van der Waals surface area contributed by atoms with Crippen LogP contribution in [-0.2, 0) is 17.2 Å². The lowest BCUT2D eigenvalue weighted by Crippen LogP contribution is -2.43. The Hall–Kier alpha value is -0.780. The van der Waals surface area contributed by atoms with Gasteiger partial charge in [-0.3, -0.25) is 9.11 Å². The van der Waals surface area contributed by atoms with E-state index in [1.807, 2.05) is 11.8 Å². The number of hydrogen-bond acceptors (Lipinski definition) is 3. The van der Waals surface area contributed by atoms with Gasteiger partial charge in [-0.15, -0.1) is 11.8 Å². The Morgan fingerprint density at radius 2 is 2.12 bits per heavy atom. The van der Waals surface area contributed by atoms with Crippen LogP contribution in [0.25, 0.3) is 10.9 Å². The van der Waals surface area contributed by atoms with E-state index in [0.717, 1.165) is 30.8 Å². The summed E-state index contributed by atoms with van der Waals surface area (Å²) >= 11 is 1.81. The summed E-state index contributed by atoms with van der Waals surface area (Å²) in [7, 11) is -0.560. The van der Waals surface area contributed by atoms with E-state index in [2.05, 4.69) is 40.5 Å². The van der Waals surface area contributed by atoms with Gasteiger partial charge >= 0.3 is 0 Å². The second kappa shape index (κ2) is 7.22.